The molecule has 0 radical (unpaired) electrons. The molecule has 1 aromatic carbocycles. The topological polar surface area (TPSA) is 37.4 Å². The molecule has 1 unspecified atom stereocenters. The minimum absolute atomic E-state index is 0.0664. The fraction of sp³-hybridized carbons (Fsp3) is 0.231. The lowest BCUT2D eigenvalue weighted by Gasteiger charge is -2.23. The van der Waals surface area contributed by atoms with Crippen LogP contribution in [0.5, 0.6) is 0 Å². The van der Waals surface area contributed by atoms with Gasteiger partial charge in [0.15, 0.2) is 0 Å². The summed E-state index contributed by atoms with van der Waals surface area (Å²) in [6.45, 7) is 1.92. The largest absolute Gasteiger partial charge is 0.274 e. The van der Waals surface area contributed by atoms with Gasteiger partial charge in [-0.2, -0.15) is 0 Å². The summed E-state index contributed by atoms with van der Waals surface area (Å²) in [6.07, 6.45) is 0.745. The van der Waals surface area contributed by atoms with Crippen molar-refractivity contribution in [1.29, 1.82) is 0 Å². The second kappa shape index (κ2) is 4.51. The fourth-order valence-electron chi connectivity index (χ4n) is 2.44. The molecular formula is C13H12ClNO2S2. The standard InChI is InChI=1S/C13H12ClNO2S2/c1-9-8-10-4-2-3-5-11(10)15(9)19(16,17)13-7-6-12(14)18-13/h2-7,9H,8H2,1H3. The molecule has 0 bridgehead atoms. The molecule has 6 heteroatoms. The highest BCUT2D eigenvalue weighted by molar-refractivity contribution is 7.94. The van der Waals surface area contributed by atoms with E-state index in [1.165, 1.54) is 4.31 Å². The van der Waals surface area contributed by atoms with Gasteiger partial charge in [-0.25, -0.2) is 8.42 Å². The number of fused-ring (bicyclic) bond motifs is 1. The minimum atomic E-state index is -3.51. The van der Waals surface area contributed by atoms with Crippen molar-refractivity contribution in [3.05, 3.63) is 46.3 Å². The van der Waals surface area contributed by atoms with Gasteiger partial charge in [0.2, 0.25) is 0 Å². The first-order valence-corrected chi connectivity index (χ1v) is 8.51. The van der Waals surface area contributed by atoms with Gasteiger partial charge >= 0.3 is 0 Å². The lowest BCUT2D eigenvalue weighted by atomic mass is 10.1. The van der Waals surface area contributed by atoms with Gasteiger partial charge in [-0.05, 0) is 37.1 Å². The highest BCUT2D eigenvalue weighted by atomic mass is 35.5. The van der Waals surface area contributed by atoms with Crippen molar-refractivity contribution in [2.75, 3.05) is 4.31 Å². The molecule has 0 saturated carbocycles. The number of sulfonamides is 1. The first-order chi connectivity index (χ1) is 9.00. The average molecular weight is 314 g/mol. The number of benzene rings is 1. The van der Waals surface area contributed by atoms with Gasteiger partial charge in [-0.15, -0.1) is 11.3 Å². The Morgan fingerprint density at radius 1 is 1.26 bits per heavy atom. The second-order valence-corrected chi connectivity index (χ2v) is 8.30. The van der Waals surface area contributed by atoms with Gasteiger partial charge in [0.1, 0.15) is 4.21 Å². The summed E-state index contributed by atoms with van der Waals surface area (Å²) in [4.78, 5) is 0. The molecular weight excluding hydrogens is 302 g/mol. The highest BCUT2D eigenvalue weighted by Crippen LogP contribution is 2.38. The molecule has 0 saturated heterocycles. The van der Waals surface area contributed by atoms with Crippen LogP contribution in [0.2, 0.25) is 4.34 Å². The maximum atomic E-state index is 12.7. The Hall–Kier alpha value is -1.04. The van der Waals surface area contributed by atoms with E-state index in [-0.39, 0.29) is 6.04 Å². The highest BCUT2D eigenvalue weighted by Gasteiger charge is 2.36. The van der Waals surface area contributed by atoms with E-state index in [1.807, 2.05) is 31.2 Å². The Labute approximate surface area is 121 Å². The third kappa shape index (κ3) is 2.06. The molecule has 0 N–H and O–H groups in total. The van der Waals surface area contributed by atoms with E-state index in [2.05, 4.69) is 0 Å². The zero-order valence-corrected chi connectivity index (χ0v) is 12.6. The molecule has 3 nitrogen and oxygen atoms in total. The minimum Gasteiger partial charge on any atom is -0.262 e. The molecule has 100 valence electrons. The predicted molar refractivity (Wildman–Crippen MR) is 78.6 cm³/mol. The number of hydrogen-bond donors (Lipinski definition) is 0. The summed E-state index contributed by atoms with van der Waals surface area (Å²) in [5.41, 5.74) is 1.85. The number of halogens is 1. The monoisotopic (exact) mass is 313 g/mol. The lowest BCUT2D eigenvalue weighted by Crippen LogP contribution is -2.35. The van der Waals surface area contributed by atoms with Crippen molar-refractivity contribution in [1.82, 2.24) is 0 Å². The smallest absolute Gasteiger partial charge is 0.262 e. The van der Waals surface area contributed by atoms with Crippen LogP contribution in [0.4, 0.5) is 5.69 Å². The molecule has 0 spiro atoms. The molecule has 1 aliphatic rings. The van der Waals surface area contributed by atoms with Gasteiger partial charge in [-0.3, -0.25) is 4.31 Å². The zero-order chi connectivity index (χ0) is 13.6. The zero-order valence-electron chi connectivity index (χ0n) is 10.2. The summed E-state index contributed by atoms with van der Waals surface area (Å²) >= 11 is 6.94. The van der Waals surface area contributed by atoms with Gasteiger partial charge in [0, 0.05) is 6.04 Å². The molecule has 0 fully saturated rings. The fourth-order valence-corrected chi connectivity index (χ4v) is 5.70. The van der Waals surface area contributed by atoms with E-state index >= 15 is 0 Å². The predicted octanol–water partition coefficient (Wildman–Crippen LogP) is 3.54. The van der Waals surface area contributed by atoms with Crippen molar-refractivity contribution in [2.45, 2.75) is 23.6 Å². The van der Waals surface area contributed by atoms with E-state index < -0.39 is 10.0 Å². The van der Waals surface area contributed by atoms with E-state index in [0.29, 0.717) is 8.55 Å². The maximum absolute atomic E-state index is 12.7. The van der Waals surface area contributed by atoms with Crippen molar-refractivity contribution in [3.63, 3.8) is 0 Å². The Kier molecular flexibility index (Phi) is 3.08. The summed E-state index contributed by atoms with van der Waals surface area (Å²) in [7, 11) is -3.51. The summed E-state index contributed by atoms with van der Waals surface area (Å²) < 4.78 is 27.7. The van der Waals surface area contributed by atoms with Crippen LogP contribution in [0, 0.1) is 0 Å². The molecule has 0 aliphatic carbocycles. The summed E-state index contributed by atoms with van der Waals surface area (Å²) in [5, 5.41) is 0. The average Bonchev–Trinajstić information content (AvgIpc) is 2.92. The van der Waals surface area contributed by atoms with E-state index in [1.54, 1.807) is 12.1 Å². The van der Waals surface area contributed by atoms with Crippen LogP contribution in [0.25, 0.3) is 0 Å². The number of thiophene rings is 1. The molecule has 1 atom stereocenters. The molecule has 3 rings (SSSR count). The van der Waals surface area contributed by atoms with E-state index in [9.17, 15) is 8.42 Å². The lowest BCUT2D eigenvalue weighted by molar-refractivity contribution is 0.586. The first kappa shape index (κ1) is 13.0. The number of anilines is 1. The third-order valence-corrected chi connectivity index (χ3v) is 6.83. The van der Waals surface area contributed by atoms with Gasteiger partial charge in [-0.1, -0.05) is 29.8 Å². The van der Waals surface area contributed by atoms with Crippen LogP contribution in [0.15, 0.2) is 40.6 Å². The van der Waals surface area contributed by atoms with Crippen molar-refractivity contribution < 1.29 is 8.42 Å². The molecule has 1 aromatic heterocycles. The molecule has 0 amide bonds. The molecule has 2 heterocycles. The van der Waals surface area contributed by atoms with E-state index in [4.69, 9.17) is 11.6 Å². The number of hydrogen-bond acceptors (Lipinski definition) is 3. The normalized spacial score (nSPS) is 18.6. The summed E-state index contributed by atoms with van der Waals surface area (Å²) in [6, 6.07) is 10.7. The molecule has 2 aromatic rings. The summed E-state index contributed by atoms with van der Waals surface area (Å²) in [5.74, 6) is 0. The Balaban J connectivity index is 2.12. The van der Waals surface area contributed by atoms with Crippen LogP contribution in [0.1, 0.15) is 12.5 Å². The van der Waals surface area contributed by atoms with Crippen molar-refractivity contribution >= 4 is 38.6 Å². The Morgan fingerprint density at radius 3 is 2.68 bits per heavy atom. The van der Waals surface area contributed by atoms with Crippen LogP contribution in [-0.4, -0.2) is 14.5 Å². The van der Waals surface area contributed by atoms with Crippen LogP contribution >= 0.6 is 22.9 Å². The first-order valence-electron chi connectivity index (χ1n) is 5.88. The second-order valence-electron chi connectivity index (χ2n) is 4.54. The number of para-hydroxylation sites is 1. The van der Waals surface area contributed by atoms with E-state index in [0.717, 1.165) is 29.0 Å². The third-order valence-electron chi connectivity index (χ3n) is 3.21. The molecule has 1 aliphatic heterocycles. The number of nitrogens with zero attached hydrogens (tertiary/aromatic N) is 1. The van der Waals surface area contributed by atoms with Gasteiger partial charge in [0.25, 0.3) is 10.0 Å². The van der Waals surface area contributed by atoms with Gasteiger partial charge < -0.3 is 0 Å². The quantitative estimate of drug-likeness (QED) is 0.850. The Morgan fingerprint density at radius 2 is 2.00 bits per heavy atom. The number of rotatable bonds is 2. The maximum Gasteiger partial charge on any atom is 0.274 e. The Bertz CT molecular complexity index is 724. The van der Waals surface area contributed by atoms with Crippen LogP contribution in [-0.2, 0) is 16.4 Å². The van der Waals surface area contributed by atoms with Crippen molar-refractivity contribution in [2.24, 2.45) is 0 Å². The molecule has 19 heavy (non-hydrogen) atoms. The van der Waals surface area contributed by atoms with Crippen LogP contribution < -0.4 is 4.31 Å². The van der Waals surface area contributed by atoms with Crippen molar-refractivity contribution in [3.8, 4) is 0 Å². The van der Waals surface area contributed by atoms with Gasteiger partial charge in [0.05, 0.1) is 10.0 Å². The SMILES string of the molecule is CC1Cc2ccccc2N1S(=O)(=O)c1ccc(Cl)s1. The van der Waals surface area contributed by atoms with Crippen LogP contribution in [0.3, 0.4) is 0 Å².